The zero-order chi connectivity index (χ0) is 17.0. The van der Waals surface area contributed by atoms with Crippen LogP contribution in [0.4, 0.5) is 4.79 Å². The Morgan fingerprint density at radius 1 is 1.30 bits per heavy atom. The molecule has 0 aliphatic heterocycles. The summed E-state index contributed by atoms with van der Waals surface area (Å²) >= 11 is 0. The Bertz CT molecular complexity index is 677. The SMILES string of the molecule is CC(C)c1ccccc1C(C)(C)NC(=O)NCc1nnn(C)n1. The van der Waals surface area contributed by atoms with Crippen LogP contribution in [-0.4, -0.2) is 26.2 Å². The first-order valence-corrected chi connectivity index (χ1v) is 7.68. The highest BCUT2D eigenvalue weighted by Crippen LogP contribution is 2.28. The highest BCUT2D eigenvalue weighted by Gasteiger charge is 2.26. The Hall–Kier alpha value is -2.44. The molecule has 0 fully saturated rings. The number of hydrogen-bond acceptors (Lipinski definition) is 4. The van der Waals surface area contributed by atoms with Crippen molar-refractivity contribution in [1.82, 2.24) is 30.8 Å². The number of aryl methyl sites for hydroxylation is 1. The number of tetrazole rings is 1. The number of rotatable bonds is 5. The largest absolute Gasteiger partial charge is 0.331 e. The normalized spacial score (nSPS) is 11.6. The minimum Gasteiger partial charge on any atom is -0.331 e. The minimum absolute atomic E-state index is 0.238. The predicted molar refractivity (Wildman–Crippen MR) is 87.7 cm³/mol. The summed E-state index contributed by atoms with van der Waals surface area (Å²) in [5, 5.41) is 17.4. The van der Waals surface area contributed by atoms with Gasteiger partial charge in [0.05, 0.1) is 19.1 Å². The van der Waals surface area contributed by atoms with Gasteiger partial charge in [0, 0.05) is 0 Å². The van der Waals surface area contributed by atoms with E-state index in [2.05, 4.69) is 52.0 Å². The van der Waals surface area contributed by atoms with Gasteiger partial charge in [-0.05, 0) is 36.1 Å². The summed E-state index contributed by atoms with van der Waals surface area (Å²) in [5.41, 5.74) is 1.86. The lowest BCUT2D eigenvalue weighted by molar-refractivity contribution is 0.229. The van der Waals surface area contributed by atoms with Gasteiger partial charge in [-0.25, -0.2) is 4.79 Å². The molecule has 0 saturated carbocycles. The molecule has 124 valence electrons. The summed E-state index contributed by atoms with van der Waals surface area (Å²) in [6.07, 6.45) is 0. The van der Waals surface area contributed by atoms with Crippen LogP contribution in [0.3, 0.4) is 0 Å². The van der Waals surface area contributed by atoms with Crippen LogP contribution >= 0.6 is 0 Å². The Morgan fingerprint density at radius 3 is 2.61 bits per heavy atom. The quantitative estimate of drug-likeness (QED) is 0.884. The molecule has 1 aromatic heterocycles. The fourth-order valence-electron chi connectivity index (χ4n) is 2.52. The van der Waals surface area contributed by atoms with Crippen LogP contribution in [0.5, 0.6) is 0 Å². The van der Waals surface area contributed by atoms with Crippen molar-refractivity contribution in [2.45, 2.75) is 45.7 Å². The van der Waals surface area contributed by atoms with E-state index >= 15 is 0 Å². The van der Waals surface area contributed by atoms with Crippen molar-refractivity contribution in [3.63, 3.8) is 0 Å². The van der Waals surface area contributed by atoms with E-state index in [9.17, 15) is 4.79 Å². The number of carbonyl (C=O) groups excluding carboxylic acids is 1. The summed E-state index contributed by atoms with van der Waals surface area (Å²) in [6.45, 7) is 8.52. The van der Waals surface area contributed by atoms with E-state index in [1.807, 2.05) is 26.0 Å². The van der Waals surface area contributed by atoms with Crippen molar-refractivity contribution < 1.29 is 4.79 Å². The molecule has 0 spiro atoms. The monoisotopic (exact) mass is 316 g/mol. The fourth-order valence-corrected chi connectivity index (χ4v) is 2.52. The Labute approximate surface area is 136 Å². The molecular formula is C16H24N6O. The highest BCUT2D eigenvalue weighted by atomic mass is 16.2. The van der Waals surface area contributed by atoms with Gasteiger partial charge in [-0.1, -0.05) is 38.1 Å². The lowest BCUT2D eigenvalue weighted by atomic mass is 9.85. The topological polar surface area (TPSA) is 84.7 Å². The lowest BCUT2D eigenvalue weighted by Gasteiger charge is -2.30. The van der Waals surface area contributed by atoms with Gasteiger partial charge in [-0.15, -0.1) is 10.2 Å². The van der Waals surface area contributed by atoms with Crippen molar-refractivity contribution in [2.24, 2.45) is 7.05 Å². The van der Waals surface area contributed by atoms with E-state index in [4.69, 9.17) is 0 Å². The zero-order valence-corrected chi connectivity index (χ0v) is 14.3. The van der Waals surface area contributed by atoms with Crippen molar-refractivity contribution in [3.8, 4) is 0 Å². The Morgan fingerprint density at radius 2 is 2.00 bits per heavy atom. The number of aromatic nitrogens is 4. The van der Waals surface area contributed by atoms with Gasteiger partial charge >= 0.3 is 6.03 Å². The first kappa shape index (κ1) is 16.9. The van der Waals surface area contributed by atoms with Crippen LogP contribution in [0.2, 0.25) is 0 Å². The molecule has 1 aromatic carbocycles. The molecule has 7 nitrogen and oxygen atoms in total. The third-order valence-corrected chi connectivity index (χ3v) is 3.64. The first-order valence-electron chi connectivity index (χ1n) is 7.68. The summed E-state index contributed by atoms with van der Waals surface area (Å²) in [4.78, 5) is 13.5. The van der Waals surface area contributed by atoms with Crippen molar-refractivity contribution in [1.29, 1.82) is 0 Å². The van der Waals surface area contributed by atoms with E-state index in [1.165, 1.54) is 10.4 Å². The molecule has 0 aliphatic carbocycles. The van der Waals surface area contributed by atoms with Crippen LogP contribution in [-0.2, 0) is 19.1 Å². The Balaban J connectivity index is 2.04. The van der Waals surface area contributed by atoms with Gasteiger partial charge in [-0.2, -0.15) is 4.80 Å². The second-order valence-electron chi connectivity index (χ2n) is 6.37. The molecule has 0 saturated heterocycles. The number of carbonyl (C=O) groups is 1. The van der Waals surface area contributed by atoms with Gasteiger partial charge < -0.3 is 10.6 Å². The molecule has 2 amide bonds. The van der Waals surface area contributed by atoms with Crippen LogP contribution in [0.15, 0.2) is 24.3 Å². The smallest absolute Gasteiger partial charge is 0.315 e. The molecule has 7 heteroatoms. The minimum atomic E-state index is -0.485. The van der Waals surface area contributed by atoms with Gasteiger partial charge in [0.25, 0.3) is 0 Å². The van der Waals surface area contributed by atoms with Crippen LogP contribution in [0, 0.1) is 0 Å². The van der Waals surface area contributed by atoms with Gasteiger partial charge in [0.15, 0.2) is 5.82 Å². The third-order valence-electron chi connectivity index (χ3n) is 3.64. The van der Waals surface area contributed by atoms with E-state index in [0.717, 1.165) is 5.56 Å². The molecule has 2 aromatic rings. The number of benzene rings is 1. The average Bonchev–Trinajstić information content (AvgIpc) is 2.90. The fraction of sp³-hybridized carbons (Fsp3) is 0.500. The van der Waals surface area contributed by atoms with Crippen LogP contribution < -0.4 is 10.6 Å². The standard InChI is InChI=1S/C16H24N6O/c1-11(2)12-8-6-7-9-13(12)16(3,4)18-15(23)17-10-14-19-21-22(5)20-14/h6-9,11H,10H2,1-5H3,(H2,17,18,23). The lowest BCUT2D eigenvalue weighted by Crippen LogP contribution is -2.46. The number of hydrogen-bond donors (Lipinski definition) is 2. The van der Waals surface area contributed by atoms with Gasteiger partial charge in [0.1, 0.15) is 0 Å². The summed E-state index contributed by atoms with van der Waals surface area (Å²) in [6, 6.07) is 7.91. The van der Waals surface area contributed by atoms with E-state index in [-0.39, 0.29) is 12.6 Å². The van der Waals surface area contributed by atoms with E-state index in [0.29, 0.717) is 11.7 Å². The first-order chi connectivity index (χ1) is 10.8. The molecule has 1 heterocycles. The maximum Gasteiger partial charge on any atom is 0.315 e. The molecule has 0 bridgehead atoms. The predicted octanol–water partition coefficient (Wildman–Crippen LogP) is 2.07. The molecular weight excluding hydrogens is 292 g/mol. The van der Waals surface area contributed by atoms with E-state index < -0.39 is 5.54 Å². The highest BCUT2D eigenvalue weighted by molar-refractivity contribution is 5.75. The molecule has 0 unspecified atom stereocenters. The van der Waals surface area contributed by atoms with Gasteiger partial charge in [0.2, 0.25) is 0 Å². The zero-order valence-electron chi connectivity index (χ0n) is 14.3. The average molecular weight is 316 g/mol. The number of urea groups is 1. The molecule has 23 heavy (non-hydrogen) atoms. The molecule has 2 N–H and O–H groups in total. The Kier molecular flexibility index (Phi) is 4.98. The summed E-state index contributed by atoms with van der Waals surface area (Å²) < 4.78 is 0. The third kappa shape index (κ3) is 4.28. The number of nitrogens with one attached hydrogen (secondary N) is 2. The molecule has 0 aliphatic rings. The maximum atomic E-state index is 12.2. The molecule has 0 radical (unpaired) electrons. The second kappa shape index (κ2) is 6.76. The van der Waals surface area contributed by atoms with Crippen molar-refractivity contribution >= 4 is 6.03 Å². The molecule has 2 rings (SSSR count). The maximum absolute atomic E-state index is 12.2. The number of nitrogens with zero attached hydrogens (tertiary/aromatic N) is 4. The van der Waals surface area contributed by atoms with Crippen LogP contribution in [0.25, 0.3) is 0 Å². The summed E-state index contributed by atoms with van der Waals surface area (Å²) in [7, 11) is 1.68. The van der Waals surface area contributed by atoms with Crippen molar-refractivity contribution in [3.05, 3.63) is 41.2 Å². The van der Waals surface area contributed by atoms with Crippen LogP contribution in [0.1, 0.15) is 50.6 Å². The van der Waals surface area contributed by atoms with Gasteiger partial charge in [-0.3, -0.25) is 0 Å². The number of amides is 2. The van der Waals surface area contributed by atoms with E-state index in [1.54, 1.807) is 7.05 Å². The van der Waals surface area contributed by atoms with Crippen molar-refractivity contribution in [2.75, 3.05) is 0 Å². The molecule has 0 atom stereocenters. The second-order valence-corrected chi connectivity index (χ2v) is 6.37. The summed E-state index contributed by atoms with van der Waals surface area (Å²) in [5.74, 6) is 0.863.